The van der Waals surface area contributed by atoms with Gasteiger partial charge in [-0.3, -0.25) is 19.9 Å². The molecule has 0 saturated carbocycles. The van der Waals surface area contributed by atoms with E-state index < -0.39 is 5.91 Å². The molecule has 8 heteroatoms. The molecule has 28 heavy (non-hydrogen) atoms. The number of aliphatic hydroxyl groups excluding tert-OH is 1. The predicted octanol–water partition coefficient (Wildman–Crippen LogP) is 1.51. The number of aliphatic hydroxyl groups is 1. The van der Waals surface area contributed by atoms with Crippen molar-refractivity contribution in [3.63, 3.8) is 0 Å². The van der Waals surface area contributed by atoms with Gasteiger partial charge < -0.3 is 10.1 Å². The van der Waals surface area contributed by atoms with E-state index in [1.807, 2.05) is 24.5 Å². The lowest BCUT2D eigenvalue weighted by Gasteiger charge is -2.21. The highest BCUT2D eigenvalue weighted by Crippen LogP contribution is 2.13. The van der Waals surface area contributed by atoms with Crippen LogP contribution in [0.3, 0.4) is 0 Å². The van der Waals surface area contributed by atoms with Crippen LogP contribution in [0.2, 0.25) is 0 Å². The number of nitrogens with zero attached hydrogens (tertiary/aromatic N) is 3. The van der Waals surface area contributed by atoms with E-state index >= 15 is 0 Å². The Hall–Kier alpha value is -3.07. The second kappa shape index (κ2) is 9.75. The Morgan fingerprint density at radius 3 is 2.79 bits per heavy atom. The van der Waals surface area contributed by atoms with Crippen LogP contribution in [0.5, 0.6) is 0 Å². The summed E-state index contributed by atoms with van der Waals surface area (Å²) in [5.41, 5.74) is 5.19. The van der Waals surface area contributed by atoms with Crippen LogP contribution in [0.1, 0.15) is 16.8 Å². The average molecular weight is 381 g/mol. The molecule has 0 aromatic carbocycles. The van der Waals surface area contributed by atoms with Crippen LogP contribution in [-0.2, 0) is 17.8 Å². The number of aromatic amines is 1. The third-order valence-electron chi connectivity index (χ3n) is 4.36. The van der Waals surface area contributed by atoms with Crippen LogP contribution in [0.25, 0.3) is 17.1 Å². The Kier molecular flexibility index (Phi) is 6.85. The Morgan fingerprint density at radius 1 is 1.18 bits per heavy atom. The minimum Gasteiger partial charge on any atom is -0.395 e. The van der Waals surface area contributed by atoms with Crippen LogP contribution in [0.15, 0.2) is 48.9 Å². The summed E-state index contributed by atoms with van der Waals surface area (Å²) < 4.78 is 0. The normalized spacial score (nSPS) is 11.5. The fraction of sp³-hybridized carbons (Fsp3) is 0.250. The van der Waals surface area contributed by atoms with Crippen molar-refractivity contribution in [2.24, 2.45) is 0 Å². The van der Waals surface area contributed by atoms with Crippen molar-refractivity contribution in [1.29, 1.82) is 0 Å². The first-order chi connectivity index (χ1) is 13.7. The number of pyridine rings is 2. The summed E-state index contributed by atoms with van der Waals surface area (Å²) in [6, 6.07) is 7.86. The summed E-state index contributed by atoms with van der Waals surface area (Å²) in [5, 5.41) is 18.9. The Morgan fingerprint density at radius 2 is 2.04 bits per heavy atom. The van der Waals surface area contributed by atoms with Crippen molar-refractivity contribution in [2.45, 2.75) is 13.0 Å². The number of fused-ring (bicyclic) bond motifs is 1. The molecular formula is C20H23N5O3. The van der Waals surface area contributed by atoms with Crippen LogP contribution < -0.4 is 5.48 Å². The smallest absolute Gasteiger partial charge is 0.267 e. The molecule has 3 rings (SSSR count). The number of hydrogen-bond donors (Lipinski definition) is 4. The molecule has 4 N–H and O–H groups in total. The monoisotopic (exact) mass is 381 g/mol. The molecule has 146 valence electrons. The summed E-state index contributed by atoms with van der Waals surface area (Å²) in [4.78, 5) is 25.0. The summed E-state index contributed by atoms with van der Waals surface area (Å²) in [6.45, 7) is 2.10. The van der Waals surface area contributed by atoms with Crippen molar-refractivity contribution < 1.29 is 15.1 Å². The van der Waals surface area contributed by atoms with Gasteiger partial charge in [-0.25, -0.2) is 10.5 Å². The first kappa shape index (κ1) is 19.7. The number of H-pyrrole nitrogens is 1. The lowest BCUT2D eigenvalue weighted by molar-refractivity contribution is -0.124. The molecule has 0 fully saturated rings. The maximum Gasteiger partial charge on any atom is 0.267 e. The summed E-state index contributed by atoms with van der Waals surface area (Å²) in [5.74, 6) is -0.604. The number of amides is 1. The maximum atomic E-state index is 11.0. The fourth-order valence-corrected chi connectivity index (χ4v) is 2.91. The average Bonchev–Trinajstić information content (AvgIpc) is 3.19. The molecule has 0 unspecified atom stereocenters. The molecule has 0 atom stereocenters. The predicted molar refractivity (Wildman–Crippen MR) is 105 cm³/mol. The van der Waals surface area contributed by atoms with Gasteiger partial charge in [0, 0.05) is 49.7 Å². The second-order valence-corrected chi connectivity index (χ2v) is 6.41. The van der Waals surface area contributed by atoms with E-state index in [4.69, 9.17) is 5.21 Å². The van der Waals surface area contributed by atoms with Gasteiger partial charge in [0.25, 0.3) is 5.91 Å². The number of rotatable bonds is 9. The van der Waals surface area contributed by atoms with Crippen LogP contribution in [-0.4, -0.2) is 55.8 Å². The minimum absolute atomic E-state index is 0.0830. The summed E-state index contributed by atoms with van der Waals surface area (Å²) in [7, 11) is 0. The molecule has 0 aliphatic heterocycles. The molecule has 3 aromatic rings. The van der Waals surface area contributed by atoms with Gasteiger partial charge >= 0.3 is 0 Å². The van der Waals surface area contributed by atoms with Crippen molar-refractivity contribution in [3.8, 4) is 0 Å². The van der Waals surface area contributed by atoms with Crippen LogP contribution >= 0.6 is 0 Å². The first-order valence-electron chi connectivity index (χ1n) is 9.00. The number of carbonyl (C=O) groups is 1. The zero-order chi connectivity index (χ0) is 19.8. The molecule has 0 spiro atoms. The van der Waals surface area contributed by atoms with Gasteiger partial charge in [0.05, 0.1) is 12.3 Å². The van der Waals surface area contributed by atoms with Crippen molar-refractivity contribution in [1.82, 2.24) is 25.3 Å². The van der Waals surface area contributed by atoms with Crippen molar-refractivity contribution in [3.05, 3.63) is 65.8 Å². The number of carbonyl (C=O) groups excluding carboxylic acids is 1. The molecule has 8 nitrogen and oxygen atoms in total. The molecule has 0 aliphatic carbocycles. The highest BCUT2D eigenvalue weighted by Gasteiger charge is 2.08. The lowest BCUT2D eigenvalue weighted by Crippen LogP contribution is -2.28. The highest BCUT2D eigenvalue weighted by molar-refractivity contribution is 5.90. The van der Waals surface area contributed by atoms with Crippen LogP contribution in [0, 0.1) is 0 Å². The van der Waals surface area contributed by atoms with E-state index in [1.54, 1.807) is 12.3 Å². The van der Waals surface area contributed by atoms with E-state index in [-0.39, 0.29) is 6.61 Å². The van der Waals surface area contributed by atoms with Gasteiger partial charge in [-0.1, -0.05) is 6.07 Å². The van der Waals surface area contributed by atoms with E-state index in [0.29, 0.717) is 18.8 Å². The molecule has 3 heterocycles. The molecule has 0 bridgehead atoms. The molecule has 0 saturated heterocycles. The Balaban J connectivity index is 1.59. The standard InChI is InChI=1S/C20H23N5O3/c26-10-9-25(8-6-15-11-17-5-7-21-20(17)23-12-15)14-16-1-2-18(22-13-16)3-4-19(27)24-28/h1-5,7,11-13,26,28H,6,8-10,14H2,(H,21,23)(H,24,27)/b4-3+. The van der Waals surface area contributed by atoms with Crippen molar-refractivity contribution in [2.75, 3.05) is 19.7 Å². The Bertz CT molecular complexity index is 936. The zero-order valence-corrected chi connectivity index (χ0v) is 15.4. The molecular weight excluding hydrogens is 358 g/mol. The number of aromatic nitrogens is 3. The Labute approximate surface area is 162 Å². The quantitative estimate of drug-likeness (QED) is 0.254. The lowest BCUT2D eigenvalue weighted by atomic mass is 10.1. The van der Waals surface area contributed by atoms with E-state index in [9.17, 15) is 9.90 Å². The van der Waals surface area contributed by atoms with Gasteiger partial charge in [-0.15, -0.1) is 0 Å². The number of hydrogen-bond acceptors (Lipinski definition) is 6. The summed E-state index contributed by atoms with van der Waals surface area (Å²) in [6.07, 6.45) is 9.05. The highest BCUT2D eigenvalue weighted by atomic mass is 16.5. The largest absolute Gasteiger partial charge is 0.395 e. The summed E-state index contributed by atoms with van der Waals surface area (Å²) >= 11 is 0. The molecule has 0 aliphatic rings. The van der Waals surface area contributed by atoms with Gasteiger partial charge in [0.15, 0.2) is 0 Å². The van der Waals surface area contributed by atoms with Gasteiger partial charge in [-0.05, 0) is 41.8 Å². The SMILES string of the molecule is O=C(/C=C/c1ccc(CN(CCO)CCc2cnc3[nH]ccc3c2)cn1)NO. The van der Waals surface area contributed by atoms with Gasteiger partial charge in [0.1, 0.15) is 5.65 Å². The molecule has 3 aromatic heterocycles. The maximum absolute atomic E-state index is 11.0. The van der Waals surface area contributed by atoms with Crippen molar-refractivity contribution >= 4 is 23.0 Å². The second-order valence-electron chi connectivity index (χ2n) is 6.41. The van der Waals surface area contributed by atoms with E-state index in [1.165, 1.54) is 17.6 Å². The number of hydroxylamine groups is 1. The minimum atomic E-state index is -0.604. The van der Waals surface area contributed by atoms with Gasteiger partial charge in [0.2, 0.25) is 0 Å². The van der Waals surface area contributed by atoms with Crippen LogP contribution in [0.4, 0.5) is 0 Å². The molecule has 0 radical (unpaired) electrons. The third kappa shape index (κ3) is 5.46. The third-order valence-corrected chi connectivity index (χ3v) is 4.36. The van der Waals surface area contributed by atoms with Gasteiger partial charge in [-0.2, -0.15) is 0 Å². The fourth-order valence-electron chi connectivity index (χ4n) is 2.91. The van der Waals surface area contributed by atoms with E-state index in [0.717, 1.165) is 35.1 Å². The number of nitrogens with one attached hydrogen (secondary N) is 2. The van der Waals surface area contributed by atoms with E-state index in [2.05, 4.69) is 25.9 Å². The molecule has 1 amide bonds. The topological polar surface area (TPSA) is 114 Å². The first-order valence-corrected chi connectivity index (χ1v) is 9.00. The zero-order valence-electron chi connectivity index (χ0n) is 15.4.